The summed E-state index contributed by atoms with van der Waals surface area (Å²) in [6.07, 6.45) is 6.71. The maximum Gasteiger partial charge on any atom is 0.270 e. The minimum atomic E-state index is -0.629. The van der Waals surface area contributed by atoms with Gasteiger partial charge in [-0.2, -0.15) is 5.26 Å². The van der Waals surface area contributed by atoms with E-state index in [2.05, 4.69) is 21.5 Å². The number of nitrogens with zero attached hydrogens (tertiary/aromatic N) is 4. The Morgan fingerprint density at radius 1 is 1.33 bits per heavy atom. The molecule has 2 aromatic rings. The Kier molecular flexibility index (Phi) is 9.42. The van der Waals surface area contributed by atoms with E-state index in [1.165, 1.54) is 10.8 Å². The number of carbonyl (C=O) groups is 2. The Morgan fingerprint density at radius 3 is 2.75 bits per heavy atom. The highest BCUT2D eigenvalue weighted by Gasteiger charge is 2.18. The van der Waals surface area contributed by atoms with Crippen molar-refractivity contribution in [2.24, 2.45) is 0 Å². The van der Waals surface area contributed by atoms with E-state index in [4.69, 9.17) is 11.2 Å². The molecule has 0 atom stereocenters. The van der Waals surface area contributed by atoms with Crippen LogP contribution in [0.4, 0.5) is 11.4 Å². The van der Waals surface area contributed by atoms with Gasteiger partial charge in [0.2, 0.25) is 5.91 Å². The summed E-state index contributed by atoms with van der Waals surface area (Å²) >= 11 is 1.04. The number of likely N-dealkylation sites (N-methyl/N-ethyl adjacent to an activating group) is 1. The molecule has 0 saturated carbocycles. The molecule has 1 saturated heterocycles. The molecule has 1 aliphatic rings. The summed E-state index contributed by atoms with van der Waals surface area (Å²) in [5, 5.41) is 15.1. The summed E-state index contributed by atoms with van der Waals surface area (Å²) in [6, 6.07) is 9.14. The second kappa shape index (κ2) is 12.7. The van der Waals surface area contributed by atoms with Gasteiger partial charge >= 0.3 is 0 Å². The summed E-state index contributed by atoms with van der Waals surface area (Å²) in [4.78, 5) is 41.6. The van der Waals surface area contributed by atoms with Gasteiger partial charge in [-0.25, -0.2) is 0 Å². The van der Waals surface area contributed by atoms with Crippen molar-refractivity contribution in [3.05, 3.63) is 43.8 Å². The molecular formula is C25H28N6O4S. The normalized spacial score (nSPS) is 14.9. The number of rotatable bonds is 8. The van der Waals surface area contributed by atoms with Gasteiger partial charge in [0.15, 0.2) is 5.57 Å². The number of thiazole rings is 1. The average Bonchev–Trinajstić information content (AvgIpc) is 3.21. The Morgan fingerprint density at radius 2 is 2.08 bits per heavy atom. The van der Waals surface area contributed by atoms with Gasteiger partial charge in [0.05, 0.1) is 26.3 Å². The van der Waals surface area contributed by atoms with Crippen LogP contribution in [0.15, 0.2) is 29.1 Å². The molecule has 1 aromatic heterocycles. The molecule has 1 fully saturated rings. The quantitative estimate of drug-likeness (QED) is 0.462. The van der Waals surface area contributed by atoms with Gasteiger partial charge < -0.3 is 20.3 Å². The molecule has 0 unspecified atom stereocenters. The van der Waals surface area contributed by atoms with E-state index in [0.717, 1.165) is 24.4 Å². The third-order valence-electron chi connectivity index (χ3n) is 5.57. The lowest BCUT2D eigenvalue weighted by Crippen LogP contribution is -2.43. The number of morpholine rings is 1. The number of hydrogen-bond acceptors (Lipinski definition) is 8. The van der Waals surface area contributed by atoms with E-state index in [1.54, 1.807) is 24.9 Å². The highest BCUT2D eigenvalue weighted by atomic mass is 32.1. The number of aromatic nitrogens is 1. The number of ether oxygens (including phenoxy) is 1. The molecule has 2 N–H and O–H groups in total. The number of terminal acetylenes is 1. The maximum atomic E-state index is 12.9. The first-order valence-electron chi connectivity index (χ1n) is 11.4. The lowest BCUT2D eigenvalue weighted by atomic mass is 10.2. The van der Waals surface area contributed by atoms with Crippen LogP contribution in [0.25, 0.3) is 11.8 Å². The predicted molar refractivity (Wildman–Crippen MR) is 140 cm³/mol. The molecule has 0 aliphatic carbocycles. The predicted octanol–water partition coefficient (Wildman–Crippen LogP) is -0.502. The first-order valence-corrected chi connectivity index (χ1v) is 12.2. The van der Waals surface area contributed by atoms with Crippen LogP contribution in [-0.2, 0) is 20.9 Å². The SMILES string of the molecule is C#CCNC(=O)/C(C#N)=c1\s/c(=C/Nc2cccc(N(C)C(=O)CN3CCOCC3)c2)c(=O)n1CC. The Bertz CT molecular complexity index is 1370. The van der Waals surface area contributed by atoms with Crippen molar-refractivity contribution in [3.63, 3.8) is 0 Å². The first-order chi connectivity index (χ1) is 17.4. The molecule has 2 amide bonds. The van der Waals surface area contributed by atoms with Crippen LogP contribution in [0.3, 0.4) is 0 Å². The van der Waals surface area contributed by atoms with Crippen LogP contribution in [0.5, 0.6) is 0 Å². The Hall–Kier alpha value is -3.90. The van der Waals surface area contributed by atoms with E-state index in [-0.39, 0.29) is 34.8 Å². The minimum Gasteiger partial charge on any atom is -0.379 e. The molecule has 188 valence electrons. The molecular weight excluding hydrogens is 480 g/mol. The minimum absolute atomic E-state index is 0.0218. The van der Waals surface area contributed by atoms with Gasteiger partial charge in [0, 0.05) is 44.3 Å². The van der Waals surface area contributed by atoms with Crippen LogP contribution in [0.1, 0.15) is 6.92 Å². The topological polar surface area (TPSA) is 120 Å². The Balaban J connectivity index is 1.84. The van der Waals surface area contributed by atoms with Gasteiger partial charge in [-0.15, -0.1) is 17.8 Å². The van der Waals surface area contributed by atoms with E-state index in [0.29, 0.717) is 35.7 Å². The van der Waals surface area contributed by atoms with E-state index < -0.39 is 5.91 Å². The summed E-state index contributed by atoms with van der Waals surface area (Å²) in [5.41, 5.74) is 0.884. The van der Waals surface area contributed by atoms with E-state index in [1.807, 2.05) is 24.3 Å². The molecule has 11 heteroatoms. The highest BCUT2D eigenvalue weighted by Crippen LogP contribution is 2.19. The average molecular weight is 509 g/mol. The number of nitrogens with one attached hydrogen (secondary N) is 2. The lowest BCUT2D eigenvalue weighted by Gasteiger charge is -2.28. The number of benzene rings is 1. The van der Waals surface area contributed by atoms with Crippen molar-refractivity contribution in [1.29, 1.82) is 5.26 Å². The van der Waals surface area contributed by atoms with Crippen LogP contribution in [-0.4, -0.2) is 67.7 Å². The standard InChI is InChI=1S/C25H28N6O4S/c1-4-9-27-23(33)20(15-26)25-31(5-2)24(34)21(36-25)16-28-18-7-6-8-19(14-18)29(3)22(32)17-30-10-12-35-13-11-30/h1,6-8,14,16,28H,5,9-13,17H2,2-3H3,(H,27,33)/b21-16+,25-20-. The molecule has 0 bridgehead atoms. The smallest absolute Gasteiger partial charge is 0.270 e. The van der Waals surface area contributed by atoms with Crippen molar-refractivity contribution in [1.82, 2.24) is 14.8 Å². The molecule has 3 rings (SSSR count). The number of amides is 2. The van der Waals surface area contributed by atoms with Gasteiger partial charge in [-0.3, -0.25) is 23.9 Å². The lowest BCUT2D eigenvalue weighted by molar-refractivity contribution is -0.120. The van der Waals surface area contributed by atoms with Crippen molar-refractivity contribution >= 4 is 46.3 Å². The fourth-order valence-electron chi connectivity index (χ4n) is 3.56. The zero-order valence-electron chi connectivity index (χ0n) is 20.2. The van der Waals surface area contributed by atoms with Gasteiger partial charge in [0.1, 0.15) is 15.3 Å². The summed E-state index contributed by atoms with van der Waals surface area (Å²) in [6.45, 7) is 5.04. The van der Waals surface area contributed by atoms with Crippen molar-refractivity contribution in [3.8, 4) is 18.4 Å². The maximum absolute atomic E-state index is 12.9. The molecule has 0 spiro atoms. The molecule has 1 aliphatic heterocycles. The van der Waals surface area contributed by atoms with Gasteiger partial charge in [-0.1, -0.05) is 12.0 Å². The summed E-state index contributed by atoms with van der Waals surface area (Å²) < 4.78 is 7.29. The molecule has 0 radical (unpaired) electrons. The van der Waals surface area contributed by atoms with E-state index in [9.17, 15) is 19.6 Å². The fraction of sp³-hybridized carbons (Fsp3) is 0.360. The molecule has 2 heterocycles. The summed E-state index contributed by atoms with van der Waals surface area (Å²) in [7, 11) is 1.72. The first kappa shape index (κ1) is 26.7. The summed E-state index contributed by atoms with van der Waals surface area (Å²) in [5.74, 6) is 1.62. The second-order valence-corrected chi connectivity index (χ2v) is 8.91. The van der Waals surface area contributed by atoms with Crippen molar-refractivity contribution in [2.75, 3.05) is 56.7 Å². The zero-order valence-corrected chi connectivity index (χ0v) is 21.1. The van der Waals surface area contributed by atoms with Gasteiger partial charge in [-0.05, 0) is 25.1 Å². The van der Waals surface area contributed by atoms with Crippen molar-refractivity contribution in [2.45, 2.75) is 13.5 Å². The number of carbonyl (C=O) groups excluding carboxylic acids is 2. The highest BCUT2D eigenvalue weighted by molar-refractivity contribution is 7.07. The van der Waals surface area contributed by atoms with Crippen LogP contribution in [0, 0.1) is 23.7 Å². The van der Waals surface area contributed by atoms with Crippen LogP contribution >= 0.6 is 11.3 Å². The van der Waals surface area contributed by atoms with Crippen LogP contribution < -0.4 is 30.3 Å². The molecule has 1 aromatic carbocycles. The monoisotopic (exact) mass is 508 g/mol. The van der Waals surface area contributed by atoms with Crippen molar-refractivity contribution < 1.29 is 14.3 Å². The number of hydrogen-bond donors (Lipinski definition) is 2. The fourth-order valence-corrected chi connectivity index (χ4v) is 4.65. The third-order valence-corrected chi connectivity index (χ3v) is 6.70. The number of anilines is 2. The Labute approximate surface area is 213 Å². The number of nitriles is 1. The zero-order chi connectivity index (χ0) is 26.1. The largest absolute Gasteiger partial charge is 0.379 e. The molecule has 10 nitrogen and oxygen atoms in total. The van der Waals surface area contributed by atoms with E-state index >= 15 is 0 Å². The second-order valence-electron chi connectivity index (χ2n) is 7.87. The molecule has 36 heavy (non-hydrogen) atoms. The van der Waals surface area contributed by atoms with Crippen LogP contribution in [0.2, 0.25) is 0 Å². The third kappa shape index (κ3) is 6.40. The van der Waals surface area contributed by atoms with Gasteiger partial charge in [0.25, 0.3) is 11.5 Å².